The largest absolute Gasteiger partial charge is 0.372 e. The Morgan fingerprint density at radius 2 is 1.67 bits per heavy atom. The molecule has 0 N–H and O–H groups in total. The summed E-state index contributed by atoms with van der Waals surface area (Å²) >= 11 is 0. The molecule has 0 bridgehead atoms. The highest BCUT2D eigenvalue weighted by Gasteiger charge is 2.29. The van der Waals surface area contributed by atoms with Gasteiger partial charge >= 0.3 is 0 Å². The second-order valence-electron chi connectivity index (χ2n) is 6.70. The van der Waals surface area contributed by atoms with E-state index in [1.807, 2.05) is 24.3 Å². The molecule has 1 aliphatic rings. The lowest BCUT2D eigenvalue weighted by Crippen LogP contribution is -2.29. The summed E-state index contributed by atoms with van der Waals surface area (Å²) in [6.07, 6.45) is 3.65. The van der Waals surface area contributed by atoms with Gasteiger partial charge in [0.1, 0.15) is 0 Å². The van der Waals surface area contributed by atoms with Crippen molar-refractivity contribution in [2.75, 3.05) is 25.0 Å². The summed E-state index contributed by atoms with van der Waals surface area (Å²) in [4.78, 5) is 12.5. The Hall–Kier alpha value is -2.45. The number of hydrogen-bond donors (Lipinski definition) is 0. The minimum Gasteiger partial charge on any atom is -0.372 e. The van der Waals surface area contributed by atoms with Gasteiger partial charge in [0.15, 0.2) is 4.90 Å². The van der Waals surface area contributed by atoms with Crippen LogP contribution in [0.2, 0.25) is 0 Å². The number of nitro benzene ring substituents is 1. The molecule has 7 nitrogen and oxygen atoms in total. The van der Waals surface area contributed by atoms with Gasteiger partial charge in [-0.25, -0.2) is 8.42 Å². The number of piperidine rings is 1. The predicted octanol–water partition coefficient (Wildman–Crippen LogP) is 3.41. The van der Waals surface area contributed by atoms with Gasteiger partial charge < -0.3 is 4.90 Å². The van der Waals surface area contributed by atoms with Gasteiger partial charge in [-0.1, -0.05) is 24.3 Å². The molecule has 3 rings (SSSR count). The Morgan fingerprint density at radius 1 is 1.04 bits per heavy atom. The number of nitrogens with zero attached hydrogens (tertiary/aromatic N) is 3. The van der Waals surface area contributed by atoms with E-state index in [4.69, 9.17) is 0 Å². The van der Waals surface area contributed by atoms with Gasteiger partial charge in [0.05, 0.1) is 4.92 Å². The third-order valence-electron chi connectivity index (χ3n) is 4.81. The summed E-state index contributed by atoms with van der Waals surface area (Å²) in [5, 5.41) is 11.2. The molecule has 0 spiro atoms. The van der Waals surface area contributed by atoms with Crippen molar-refractivity contribution in [2.45, 2.75) is 30.7 Å². The van der Waals surface area contributed by atoms with E-state index in [0.29, 0.717) is 0 Å². The average Bonchev–Trinajstić information content (AvgIpc) is 2.69. The van der Waals surface area contributed by atoms with E-state index < -0.39 is 20.6 Å². The summed E-state index contributed by atoms with van der Waals surface area (Å²) in [6.45, 7) is 2.24. The maximum Gasteiger partial charge on any atom is 0.289 e. The third kappa shape index (κ3) is 4.28. The van der Waals surface area contributed by atoms with Crippen molar-refractivity contribution >= 4 is 21.4 Å². The fourth-order valence-electron chi connectivity index (χ4n) is 3.30. The van der Waals surface area contributed by atoms with Gasteiger partial charge in [-0.15, -0.1) is 0 Å². The Morgan fingerprint density at radius 3 is 2.30 bits per heavy atom. The molecule has 1 fully saturated rings. The summed E-state index contributed by atoms with van der Waals surface area (Å²) in [5.41, 5.74) is 1.56. The van der Waals surface area contributed by atoms with Crippen LogP contribution in [0.1, 0.15) is 24.8 Å². The zero-order valence-electron chi connectivity index (χ0n) is 15.2. The van der Waals surface area contributed by atoms with Crippen molar-refractivity contribution in [3.05, 3.63) is 64.2 Å². The molecule has 0 radical (unpaired) electrons. The van der Waals surface area contributed by atoms with Gasteiger partial charge in [-0.05, 0) is 43.0 Å². The summed E-state index contributed by atoms with van der Waals surface area (Å²) in [7, 11) is -2.53. The molecular formula is C19H23N3O4S. The Bertz CT molecular complexity index is 907. The van der Waals surface area contributed by atoms with E-state index in [0.717, 1.165) is 28.6 Å². The lowest BCUT2D eigenvalue weighted by Gasteiger charge is -2.29. The number of hydrogen-bond acceptors (Lipinski definition) is 5. The van der Waals surface area contributed by atoms with Crippen LogP contribution in [-0.2, 0) is 16.6 Å². The molecule has 1 heterocycles. The van der Waals surface area contributed by atoms with E-state index >= 15 is 0 Å². The van der Waals surface area contributed by atoms with Crippen LogP contribution in [0.4, 0.5) is 11.4 Å². The molecular weight excluding hydrogens is 366 g/mol. The van der Waals surface area contributed by atoms with Gasteiger partial charge in [0.2, 0.25) is 10.0 Å². The highest BCUT2D eigenvalue weighted by molar-refractivity contribution is 7.89. The lowest BCUT2D eigenvalue weighted by molar-refractivity contribution is -0.387. The van der Waals surface area contributed by atoms with Crippen molar-refractivity contribution in [3.8, 4) is 0 Å². The SMILES string of the molecule is CN(Cc1ccc(N2CCCCC2)cc1)S(=O)(=O)c1ccccc1[N+](=O)[O-]. The van der Waals surface area contributed by atoms with Crippen LogP contribution in [0.15, 0.2) is 53.4 Å². The Balaban J connectivity index is 1.76. The predicted molar refractivity (Wildman–Crippen MR) is 104 cm³/mol. The van der Waals surface area contributed by atoms with E-state index in [1.54, 1.807) is 0 Å². The van der Waals surface area contributed by atoms with Crippen LogP contribution in [0.3, 0.4) is 0 Å². The Kier molecular flexibility index (Phi) is 5.76. The zero-order valence-corrected chi connectivity index (χ0v) is 16.1. The highest BCUT2D eigenvalue weighted by Crippen LogP contribution is 2.27. The van der Waals surface area contributed by atoms with Crippen LogP contribution >= 0.6 is 0 Å². The molecule has 0 saturated carbocycles. The first-order chi connectivity index (χ1) is 12.9. The van der Waals surface area contributed by atoms with Crippen LogP contribution < -0.4 is 4.90 Å². The number of rotatable bonds is 6. The minimum atomic E-state index is -3.96. The normalized spacial score (nSPS) is 15.1. The quantitative estimate of drug-likeness (QED) is 0.558. The third-order valence-corrected chi connectivity index (χ3v) is 6.66. The molecule has 0 amide bonds. The molecule has 2 aromatic rings. The van der Waals surface area contributed by atoms with Gasteiger partial charge in [0, 0.05) is 38.4 Å². The minimum absolute atomic E-state index is 0.147. The van der Waals surface area contributed by atoms with Crippen molar-refractivity contribution in [1.82, 2.24) is 4.31 Å². The van der Waals surface area contributed by atoms with Crippen LogP contribution in [0, 0.1) is 10.1 Å². The second kappa shape index (κ2) is 8.06. The average molecular weight is 389 g/mol. The number of para-hydroxylation sites is 1. The lowest BCUT2D eigenvalue weighted by atomic mass is 10.1. The molecule has 1 saturated heterocycles. The molecule has 0 unspecified atom stereocenters. The van der Waals surface area contributed by atoms with Gasteiger partial charge in [-0.2, -0.15) is 4.31 Å². The van der Waals surface area contributed by atoms with Crippen molar-refractivity contribution in [3.63, 3.8) is 0 Å². The van der Waals surface area contributed by atoms with Gasteiger partial charge in [0.25, 0.3) is 5.69 Å². The molecule has 0 atom stereocenters. The van der Waals surface area contributed by atoms with Crippen molar-refractivity contribution in [2.24, 2.45) is 0 Å². The second-order valence-corrected chi connectivity index (χ2v) is 8.71. The fourth-order valence-corrected chi connectivity index (χ4v) is 4.61. The number of nitro groups is 1. The smallest absolute Gasteiger partial charge is 0.289 e. The summed E-state index contributed by atoms with van der Waals surface area (Å²) < 4.78 is 26.7. The first-order valence-corrected chi connectivity index (χ1v) is 10.4. The van der Waals surface area contributed by atoms with Gasteiger partial charge in [-0.3, -0.25) is 10.1 Å². The molecule has 27 heavy (non-hydrogen) atoms. The first-order valence-electron chi connectivity index (χ1n) is 8.93. The van der Waals surface area contributed by atoms with Crippen molar-refractivity contribution < 1.29 is 13.3 Å². The zero-order chi connectivity index (χ0) is 19.4. The van der Waals surface area contributed by atoms with E-state index in [1.165, 1.54) is 50.6 Å². The number of sulfonamides is 1. The molecule has 1 aliphatic heterocycles. The van der Waals surface area contributed by atoms with Crippen molar-refractivity contribution in [1.29, 1.82) is 0 Å². The van der Waals surface area contributed by atoms with E-state index in [9.17, 15) is 18.5 Å². The van der Waals surface area contributed by atoms with Crippen LogP contribution in [0.25, 0.3) is 0 Å². The Labute approximate surface area is 159 Å². The monoisotopic (exact) mass is 389 g/mol. The first kappa shape index (κ1) is 19.3. The number of anilines is 1. The fraction of sp³-hybridized carbons (Fsp3) is 0.368. The summed E-state index contributed by atoms with van der Waals surface area (Å²) in [6, 6.07) is 13.2. The molecule has 0 aromatic heterocycles. The summed E-state index contributed by atoms with van der Waals surface area (Å²) in [5.74, 6) is 0. The van der Waals surface area contributed by atoms with Crippen LogP contribution in [0.5, 0.6) is 0 Å². The molecule has 2 aromatic carbocycles. The topological polar surface area (TPSA) is 83.8 Å². The maximum atomic E-state index is 12.8. The van der Waals surface area contributed by atoms with Crippen LogP contribution in [-0.4, -0.2) is 37.8 Å². The maximum absolute atomic E-state index is 12.8. The highest BCUT2D eigenvalue weighted by atomic mass is 32.2. The standard InChI is InChI=1S/C19H23N3O4S/c1-20(27(25,26)19-8-4-3-7-18(19)22(23)24)15-16-9-11-17(12-10-16)21-13-5-2-6-14-21/h3-4,7-12H,2,5-6,13-15H2,1H3. The number of benzene rings is 2. The van der Waals surface area contributed by atoms with E-state index in [2.05, 4.69) is 4.90 Å². The van der Waals surface area contributed by atoms with E-state index in [-0.39, 0.29) is 11.4 Å². The molecule has 144 valence electrons. The molecule has 8 heteroatoms. The molecule has 0 aliphatic carbocycles.